The van der Waals surface area contributed by atoms with Gasteiger partial charge in [-0.3, -0.25) is 5.10 Å². The lowest BCUT2D eigenvalue weighted by Gasteiger charge is -2.33. The van der Waals surface area contributed by atoms with E-state index in [1.54, 1.807) is 6.20 Å². The van der Waals surface area contributed by atoms with E-state index < -0.39 is 0 Å². The van der Waals surface area contributed by atoms with Crippen LogP contribution in [0.25, 0.3) is 0 Å². The van der Waals surface area contributed by atoms with Crippen LogP contribution in [0.2, 0.25) is 0 Å². The predicted molar refractivity (Wildman–Crippen MR) is 68.1 cm³/mol. The number of H-pyrrole nitrogens is 1. The summed E-state index contributed by atoms with van der Waals surface area (Å²) in [6.45, 7) is 12.3. The molecule has 1 atom stereocenters. The molecule has 0 radical (unpaired) electrons. The van der Waals surface area contributed by atoms with Gasteiger partial charge in [-0.2, -0.15) is 5.10 Å². The maximum atomic E-state index is 3.96. The highest BCUT2D eigenvalue weighted by Gasteiger charge is 2.24. The Morgan fingerprint density at radius 2 is 2.06 bits per heavy atom. The second kappa shape index (κ2) is 5.48. The monoisotopic (exact) mass is 223 g/mol. The Morgan fingerprint density at radius 3 is 2.50 bits per heavy atom. The Balaban J connectivity index is 2.50. The van der Waals surface area contributed by atoms with Gasteiger partial charge in [-0.15, -0.1) is 0 Å². The summed E-state index contributed by atoms with van der Waals surface area (Å²) >= 11 is 0. The molecule has 0 bridgehead atoms. The minimum absolute atomic E-state index is 0.296. The number of nitrogens with one attached hydrogen (secondary N) is 2. The predicted octanol–water partition coefficient (Wildman–Crippen LogP) is 2.96. The number of rotatable bonds is 5. The zero-order valence-corrected chi connectivity index (χ0v) is 11.2. The second-order valence-electron chi connectivity index (χ2n) is 6.01. The topological polar surface area (TPSA) is 40.7 Å². The molecule has 1 aromatic rings. The van der Waals surface area contributed by atoms with Crippen LogP contribution in [0.3, 0.4) is 0 Å². The van der Waals surface area contributed by atoms with E-state index in [0.29, 0.717) is 11.5 Å². The fourth-order valence-corrected chi connectivity index (χ4v) is 1.83. The molecule has 0 aliphatic rings. The van der Waals surface area contributed by atoms with Crippen LogP contribution in [-0.2, 0) is 6.54 Å². The van der Waals surface area contributed by atoms with Crippen LogP contribution in [-0.4, -0.2) is 16.2 Å². The molecule has 1 aromatic heterocycles. The van der Waals surface area contributed by atoms with Gasteiger partial charge in [0.05, 0.1) is 0 Å². The van der Waals surface area contributed by atoms with Crippen molar-refractivity contribution in [3.8, 4) is 0 Å². The summed E-state index contributed by atoms with van der Waals surface area (Å²) in [7, 11) is 0. The summed E-state index contributed by atoms with van der Waals surface area (Å²) in [5.41, 5.74) is 1.45. The molecule has 0 aliphatic heterocycles. The van der Waals surface area contributed by atoms with E-state index in [-0.39, 0.29) is 0 Å². The van der Waals surface area contributed by atoms with Crippen molar-refractivity contribution >= 4 is 0 Å². The molecule has 0 spiro atoms. The van der Waals surface area contributed by atoms with E-state index in [9.17, 15) is 0 Å². The van der Waals surface area contributed by atoms with Gasteiger partial charge in [0.2, 0.25) is 0 Å². The van der Waals surface area contributed by atoms with Gasteiger partial charge in [-0.25, -0.2) is 0 Å². The number of nitrogens with zero attached hydrogens (tertiary/aromatic N) is 1. The van der Waals surface area contributed by atoms with Gasteiger partial charge in [-0.1, -0.05) is 34.6 Å². The fourth-order valence-electron chi connectivity index (χ4n) is 1.83. The fraction of sp³-hybridized carbons (Fsp3) is 0.769. The Labute approximate surface area is 99.0 Å². The smallest absolute Gasteiger partial charge is 0.0490 e. The number of hydrogen-bond donors (Lipinski definition) is 2. The molecule has 0 aliphatic carbocycles. The second-order valence-corrected chi connectivity index (χ2v) is 6.01. The molecule has 0 fully saturated rings. The normalized spacial score (nSPS) is 14.4. The van der Waals surface area contributed by atoms with E-state index >= 15 is 0 Å². The van der Waals surface area contributed by atoms with Crippen molar-refractivity contribution in [3.05, 3.63) is 18.0 Å². The third-order valence-corrected chi connectivity index (χ3v) is 2.85. The first-order valence-electron chi connectivity index (χ1n) is 6.11. The molecule has 1 unspecified atom stereocenters. The van der Waals surface area contributed by atoms with Crippen molar-refractivity contribution in [1.29, 1.82) is 0 Å². The summed E-state index contributed by atoms with van der Waals surface area (Å²) in [4.78, 5) is 0. The minimum atomic E-state index is 0.296. The van der Waals surface area contributed by atoms with Crippen LogP contribution in [0.5, 0.6) is 0 Å². The molecule has 0 saturated carbocycles. The van der Waals surface area contributed by atoms with Crippen molar-refractivity contribution in [2.75, 3.05) is 0 Å². The first-order chi connectivity index (χ1) is 7.39. The van der Waals surface area contributed by atoms with Gasteiger partial charge in [0.25, 0.3) is 0 Å². The zero-order chi connectivity index (χ0) is 12.2. The molecule has 0 saturated heterocycles. The van der Waals surface area contributed by atoms with Crippen LogP contribution >= 0.6 is 0 Å². The molecule has 1 heterocycles. The molecule has 3 nitrogen and oxygen atoms in total. The number of aromatic nitrogens is 2. The highest BCUT2D eigenvalue weighted by molar-refractivity contribution is 4.97. The quantitative estimate of drug-likeness (QED) is 0.805. The Morgan fingerprint density at radius 1 is 1.38 bits per heavy atom. The van der Waals surface area contributed by atoms with Crippen LogP contribution < -0.4 is 5.32 Å². The molecule has 0 aromatic carbocycles. The summed E-state index contributed by atoms with van der Waals surface area (Å²) in [5, 5.41) is 10.6. The Bertz CT molecular complexity index is 283. The lowest BCUT2D eigenvalue weighted by Crippen LogP contribution is -2.40. The van der Waals surface area contributed by atoms with Crippen LogP contribution in [0.1, 0.15) is 46.7 Å². The summed E-state index contributed by atoms with van der Waals surface area (Å²) in [6.07, 6.45) is 3.00. The molecule has 92 valence electrons. The van der Waals surface area contributed by atoms with Crippen molar-refractivity contribution in [3.63, 3.8) is 0 Å². The van der Waals surface area contributed by atoms with Crippen LogP contribution in [0.4, 0.5) is 0 Å². The van der Waals surface area contributed by atoms with E-state index in [1.165, 1.54) is 6.42 Å². The lowest BCUT2D eigenvalue weighted by atomic mass is 9.82. The Kier molecular flexibility index (Phi) is 4.54. The molecule has 2 N–H and O–H groups in total. The summed E-state index contributed by atoms with van der Waals surface area (Å²) < 4.78 is 0. The van der Waals surface area contributed by atoms with Crippen LogP contribution in [0.15, 0.2) is 12.3 Å². The zero-order valence-electron chi connectivity index (χ0n) is 11.2. The molecule has 16 heavy (non-hydrogen) atoms. The molecular weight excluding hydrogens is 198 g/mol. The van der Waals surface area contributed by atoms with E-state index in [0.717, 1.165) is 18.2 Å². The molecule has 1 rings (SSSR count). The molecule has 0 amide bonds. The third-order valence-electron chi connectivity index (χ3n) is 2.85. The first-order valence-corrected chi connectivity index (χ1v) is 6.11. The standard InChI is InChI=1S/C13H25N3/c1-10(2)8-12(13(3,4)5)14-9-11-6-7-15-16-11/h6-7,10,12,14H,8-9H2,1-5H3,(H,15,16). The minimum Gasteiger partial charge on any atom is -0.308 e. The number of hydrogen-bond acceptors (Lipinski definition) is 2. The van der Waals surface area contributed by atoms with Gasteiger partial charge >= 0.3 is 0 Å². The average molecular weight is 223 g/mol. The van der Waals surface area contributed by atoms with E-state index in [4.69, 9.17) is 0 Å². The van der Waals surface area contributed by atoms with E-state index in [2.05, 4.69) is 50.1 Å². The van der Waals surface area contributed by atoms with Gasteiger partial charge in [0.1, 0.15) is 0 Å². The number of aromatic amines is 1. The van der Waals surface area contributed by atoms with Crippen molar-refractivity contribution < 1.29 is 0 Å². The first kappa shape index (κ1) is 13.2. The van der Waals surface area contributed by atoms with Crippen molar-refractivity contribution in [2.45, 2.75) is 53.6 Å². The molecule has 3 heteroatoms. The van der Waals surface area contributed by atoms with Gasteiger partial charge < -0.3 is 5.32 Å². The highest BCUT2D eigenvalue weighted by atomic mass is 15.1. The Hall–Kier alpha value is -0.830. The SMILES string of the molecule is CC(C)CC(NCc1ccn[nH]1)C(C)(C)C. The van der Waals surface area contributed by atoms with Gasteiger partial charge in [0, 0.05) is 24.5 Å². The largest absolute Gasteiger partial charge is 0.308 e. The lowest BCUT2D eigenvalue weighted by molar-refractivity contribution is 0.232. The maximum absolute atomic E-state index is 3.96. The van der Waals surface area contributed by atoms with E-state index in [1.807, 2.05) is 6.07 Å². The maximum Gasteiger partial charge on any atom is 0.0490 e. The molecular formula is C13H25N3. The summed E-state index contributed by atoms with van der Waals surface area (Å²) in [5.74, 6) is 0.721. The highest BCUT2D eigenvalue weighted by Crippen LogP contribution is 2.24. The summed E-state index contributed by atoms with van der Waals surface area (Å²) in [6, 6.07) is 2.55. The third kappa shape index (κ3) is 4.35. The van der Waals surface area contributed by atoms with Gasteiger partial charge in [0.15, 0.2) is 0 Å². The average Bonchev–Trinajstić information content (AvgIpc) is 2.62. The van der Waals surface area contributed by atoms with Crippen molar-refractivity contribution in [1.82, 2.24) is 15.5 Å². The van der Waals surface area contributed by atoms with Gasteiger partial charge in [-0.05, 0) is 23.8 Å². The van der Waals surface area contributed by atoms with Crippen molar-refractivity contribution in [2.24, 2.45) is 11.3 Å². The van der Waals surface area contributed by atoms with Crippen LogP contribution in [0, 0.1) is 11.3 Å².